The summed E-state index contributed by atoms with van der Waals surface area (Å²) >= 11 is 0. The quantitative estimate of drug-likeness (QED) is 0.691. The van der Waals surface area contributed by atoms with E-state index in [1.165, 1.54) is 0 Å². The van der Waals surface area contributed by atoms with Crippen molar-refractivity contribution in [2.24, 2.45) is 0 Å². The van der Waals surface area contributed by atoms with Gasteiger partial charge >= 0.3 is 6.18 Å². The van der Waals surface area contributed by atoms with E-state index in [1.807, 2.05) is 6.92 Å². The first-order chi connectivity index (χ1) is 9.47. The van der Waals surface area contributed by atoms with Crippen LogP contribution in [0.25, 0.3) is 0 Å². The van der Waals surface area contributed by atoms with Gasteiger partial charge in [0.1, 0.15) is 11.6 Å². The van der Waals surface area contributed by atoms with Gasteiger partial charge in [-0.15, -0.1) is 0 Å². The number of hydrogen-bond acceptors (Lipinski definition) is 3. The van der Waals surface area contributed by atoms with E-state index in [2.05, 4.69) is 22.5 Å². The lowest BCUT2D eigenvalue weighted by atomic mass is 10.2. The number of anilines is 2. The van der Waals surface area contributed by atoms with Crippen molar-refractivity contribution >= 4 is 11.6 Å². The zero-order valence-corrected chi connectivity index (χ0v) is 12.0. The lowest BCUT2D eigenvalue weighted by molar-refractivity contribution is -0.137. The first kappa shape index (κ1) is 16.6. The van der Waals surface area contributed by atoms with E-state index in [9.17, 15) is 13.2 Å². The standard InChI is InChI=1S/C14H22F3N3/c1-3-5-6-7-8-19-13-10-11(14(15,16)17)9-12(20-13)18-4-2/h9-10H,3-8H2,1-2H3,(H2,18,19,20). The Kier molecular flexibility index (Phi) is 6.61. The van der Waals surface area contributed by atoms with Crippen LogP contribution in [0.5, 0.6) is 0 Å². The Morgan fingerprint density at radius 3 is 2.20 bits per heavy atom. The molecule has 3 nitrogen and oxygen atoms in total. The van der Waals surface area contributed by atoms with Crippen LogP contribution in [-0.2, 0) is 6.18 Å². The van der Waals surface area contributed by atoms with Crippen molar-refractivity contribution in [2.45, 2.75) is 45.7 Å². The highest BCUT2D eigenvalue weighted by Gasteiger charge is 2.31. The van der Waals surface area contributed by atoms with Crippen molar-refractivity contribution in [3.8, 4) is 0 Å². The van der Waals surface area contributed by atoms with Crippen molar-refractivity contribution in [1.29, 1.82) is 0 Å². The number of pyridine rings is 1. The molecule has 0 bridgehead atoms. The summed E-state index contributed by atoms with van der Waals surface area (Å²) in [6.07, 6.45) is -0.0801. The summed E-state index contributed by atoms with van der Waals surface area (Å²) in [6, 6.07) is 2.09. The van der Waals surface area contributed by atoms with Crippen LogP contribution in [-0.4, -0.2) is 18.1 Å². The molecule has 0 radical (unpaired) electrons. The minimum Gasteiger partial charge on any atom is -0.370 e. The highest BCUT2D eigenvalue weighted by atomic mass is 19.4. The molecule has 0 unspecified atom stereocenters. The molecule has 0 amide bonds. The maximum absolute atomic E-state index is 12.8. The molecule has 6 heteroatoms. The van der Waals surface area contributed by atoms with Crippen LogP contribution in [0, 0.1) is 0 Å². The third kappa shape index (κ3) is 5.67. The molecule has 1 heterocycles. The number of rotatable bonds is 8. The summed E-state index contributed by atoms with van der Waals surface area (Å²) in [5, 5.41) is 5.78. The number of nitrogens with one attached hydrogen (secondary N) is 2. The van der Waals surface area contributed by atoms with E-state index in [0.29, 0.717) is 13.1 Å². The predicted molar refractivity (Wildman–Crippen MR) is 76.0 cm³/mol. The lowest BCUT2D eigenvalue weighted by Crippen LogP contribution is -2.11. The average molecular weight is 289 g/mol. The molecule has 0 saturated carbocycles. The molecule has 0 aliphatic heterocycles. The number of halogens is 3. The van der Waals surface area contributed by atoms with E-state index in [0.717, 1.165) is 37.8 Å². The predicted octanol–water partition coefficient (Wildman–Crippen LogP) is 4.52. The topological polar surface area (TPSA) is 37.0 Å². The normalized spacial score (nSPS) is 11.4. The minimum absolute atomic E-state index is 0.249. The number of alkyl halides is 3. The Bertz CT molecular complexity index is 405. The summed E-state index contributed by atoms with van der Waals surface area (Å²) < 4.78 is 38.4. The molecule has 0 saturated heterocycles. The van der Waals surface area contributed by atoms with Crippen LogP contribution in [0.2, 0.25) is 0 Å². The Morgan fingerprint density at radius 1 is 1.00 bits per heavy atom. The number of aromatic nitrogens is 1. The Morgan fingerprint density at radius 2 is 1.65 bits per heavy atom. The average Bonchev–Trinajstić information content (AvgIpc) is 2.38. The second kappa shape index (κ2) is 7.97. The fourth-order valence-electron chi connectivity index (χ4n) is 1.82. The van der Waals surface area contributed by atoms with Crippen LogP contribution in [0.15, 0.2) is 12.1 Å². The Balaban J connectivity index is 2.71. The van der Waals surface area contributed by atoms with Gasteiger partial charge in [-0.2, -0.15) is 13.2 Å². The molecule has 0 aromatic carbocycles. The van der Waals surface area contributed by atoms with Crippen LogP contribution in [0.4, 0.5) is 24.8 Å². The van der Waals surface area contributed by atoms with Gasteiger partial charge in [0.2, 0.25) is 0 Å². The summed E-state index contributed by atoms with van der Waals surface area (Å²) in [6.45, 7) is 5.11. The second-order valence-corrected chi connectivity index (χ2v) is 4.64. The number of nitrogens with zero attached hydrogens (tertiary/aromatic N) is 1. The van der Waals surface area contributed by atoms with Crippen LogP contribution < -0.4 is 10.6 Å². The molecule has 1 rings (SSSR count). The molecule has 1 aromatic rings. The molecule has 0 atom stereocenters. The fraction of sp³-hybridized carbons (Fsp3) is 0.643. The molecule has 0 aliphatic carbocycles. The van der Waals surface area contributed by atoms with Gasteiger partial charge < -0.3 is 10.6 Å². The number of unbranched alkanes of at least 4 members (excludes halogenated alkanes) is 3. The summed E-state index contributed by atoms with van der Waals surface area (Å²) in [7, 11) is 0. The SMILES string of the molecule is CCCCCCNc1cc(C(F)(F)F)cc(NCC)n1. The van der Waals surface area contributed by atoms with Gasteiger partial charge in [-0.1, -0.05) is 26.2 Å². The van der Waals surface area contributed by atoms with E-state index >= 15 is 0 Å². The Hall–Kier alpha value is -1.46. The number of hydrogen-bond donors (Lipinski definition) is 2. The molecule has 0 fully saturated rings. The highest BCUT2D eigenvalue weighted by molar-refractivity contribution is 5.49. The van der Waals surface area contributed by atoms with Crippen LogP contribution >= 0.6 is 0 Å². The largest absolute Gasteiger partial charge is 0.416 e. The molecule has 0 aliphatic rings. The zero-order chi connectivity index (χ0) is 15.0. The van der Waals surface area contributed by atoms with Crippen LogP contribution in [0.1, 0.15) is 45.1 Å². The maximum Gasteiger partial charge on any atom is 0.416 e. The van der Waals surface area contributed by atoms with Crippen molar-refractivity contribution < 1.29 is 13.2 Å². The van der Waals surface area contributed by atoms with Crippen molar-refractivity contribution in [3.63, 3.8) is 0 Å². The first-order valence-corrected chi connectivity index (χ1v) is 7.04. The van der Waals surface area contributed by atoms with Crippen molar-refractivity contribution in [2.75, 3.05) is 23.7 Å². The smallest absolute Gasteiger partial charge is 0.370 e. The summed E-state index contributed by atoms with van der Waals surface area (Å²) in [5.74, 6) is 0.519. The fourth-order valence-corrected chi connectivity index (χ4v) is 1.82. The Labute approximate surface area is 118 Å². The molecule has 0 spiro atoms. The molecule has 20 heavy (non-hydrogen) atoms. The third-order valence-corrected chi connectivity index (χ3v) is 2.85. The van der Waals surface area contributed by atoms with E-state index in [-0.39, 0.29) is 11.6 Å². The van der Waals surface area contributed by atoms with Gasteiger partial charge in [0, 0.05) is 13.1 Å². The minimum atomic E-state index is -4.36. The van der Waals surface area contributed by atoms with E-state index in [1.54, 1.807) is 0 Å². The molecule has 114 valence electrons. The highest BCUT2D eigenvalue weighted by Crippen LogP contribution is 2.32. The summed E-state index contributed by atoms with van der Waals surface area (Å²) in [4.78, 5) is 4.13. The second-order valence-electron chi connectivity index (χ2n) is 4.64. The first-order valence-electron chi connectivity index (χ1n) is 7.04. The van der Waals surface area contributed by atoms with Gasteiger partial charge in [-0.25, -0.2) is 4.98 Å². The molecular formula is C14H22F3N3. The van der Waals surface area contributed by atoms with Gasteiger partial charge in [0.05, 0.1) is 5.56 Å². The van der Waals surface area contributed by atoms with Gasteiger partial charge in [-0.05, 0) is 25.5 Å². The van der Waals surface area contributed by atoms with E-state index in [4.69, 9.17) is 0 Å². The third-order valence-electron chi connectivity index (χ3n) is 2.85. The monoisotopic (exact) mass is 289 g/mol. The zero-order valence-electron chi connectivity index (χ0n) is 12.0. The molecular weight excluding hydrogens is 267 g/mol. The van der Waals surface area contributed by atoms with Gasteiger partial charge in [0.15, 0.2) is 0 Å². The van der Waals surface area contributed by atoms with E-state index < -0.39 is 11.7 Å². The maximum atomic E-state index is 12.8. The van der Waals surface area contributed by atoms with Gasteiger partial charge in [-0.3, -0.25) is 0 Å². The van der Waals surface area contributed by atoms with Crippen molar-refractivity contribution in [3.05, 3.63) is 17.7 Å². The lowest BCUT2D eigenvalue weighted by Gasteiger charge is -2.13. The summed E-state index contributed by atoms with van der Waals surface area (Å²) in [5.41, 5.74) is -0.681. The van der Waals surface area contributed by atoms with Gasteiger partial charge in [0.25, 0.3) is 0 Å². The molecule has 1 aromatic heterocycles. The van der Waals surface area contributed by atoms with Crippen LogP contribution in [0.3, 0.4) is 0 Å². The molecule has 2 N–H and O–H groups in total. The van der Waals surface area contributed by atoms with Crippen molar-refractivity contribution in [1.82, 2.24) is 4.98 Å².